The minimum absolute atomic E-state index is 0.0174. The Morgan fingerprint density at radius 2 is 1.81 bits per heavy atom. The third-order valence-corrected chi connectivity index (χ3v) is 5.93. The minimum atomic E-state index is -0.541. The number of hydrogen-bond acceptors (Lipinski definition) is 2. The first-order valence-electron chi connectivity index (χ1n) is 9.49. The molecule has 0 aromatic heterocycles. The average molecular weight is 431 g/mol. The Labute approximate surface area is 169 Å². The Kier molecular flexibility index (Phi) is 6.22. The van der Waals surface area contributed by atoms with E-state index >= 15 is 0 Å². The molecule has 0 spiro atoms. The van der Waals surface area contributed by atoms with Gasteiger partial charge in [0.15, 0.2) is 0 Å². The maximum atomic E-state index is 13.2. The molecular formula is C22H27BrN2O2. The van der Waals surface area contributed by atoms with Gasteiger partial charge in [-0.25, -0.2) is 4.79 Å². The van der Waals surface area contributed by atoms with E-state index in [-0.39, 0.29) is 12.1 Å². The highest BCUT2D eigenvalue weighted by Gasteiger charge is 2.39. The van der Waals surface area contributed by atoms with E-state index < -0.39 is 11.6 Å². The molecule has 4 nitrogen and oxygen atoms in total. The molecule has 0 saturated carbocycles. The van der Waals surface area contributed by atoms with Crippen LogP contribution in [-0.4, -0.2) is 28.7 Å². The van der Waals surface area contributed by atoms with Crippen LogP contribution in [0, 0.1) is 0 Å². The van der Waals surface area contributed by atoms with Crippen LogP contribution in [0.4, 0.5) is 4.79 Å². The van der Waals surface area contributed by atoms with Crippen molar-refractivity contribution in [2.75, 3.05) is 6.54 Å². The summed E-state index contributed by atoms with van der Waals surface area (Å²) in [6.07, 6.45) is 1.68. The third-order valence-electron chi connectivity index (χ3n) is 5.40. The number of carbonyl (C=O) groups excluding carboxylic acids is 1. The lowest BCUT2D eigenvalue weighted by molar-refractivity contribution is 0.128. The van der Waals surface area contributed by atoms with E-state index in [1.54, 1.807) is 6.92 Å². The molecule has 1 saturated heterocycles. The van der Waals surface area contributed by atoms with Gasteiger partial charge in [-0.3, -0.25) is 0 Å². The van der Waals surface area contributed by atoms with E-state index in [2.05, 4.69) is 28.2 Å². The molecule has 2 N–H and O–H groups in total. The zero-order valence-corrected chi connectivity index (χ0v) is 17.4. The van der Waals surface area contributed by atoms with Crippen molar-refractivity contribution in [2.45, 2.75) is 50.8 Å². The number of nitrogens with zero attached hydrogens (tertiary/aromatic N) is 1. The number of urea groups is 1. The highest BCUT2D eigenvalue weighted by Crippen LogP contribution is 2.35. The summed E-state index contributed by atoms with van der Waals surface area (Å²) in [5.74, 6) is 0. The number of rotatable bonds is 5. The summed E-state index contributed by atoms with van der Waals surface area (Å²) in [5.41, 5.74) is 1.62. The van der Waals surface area contributed by atoms with Crippen LogP contribution in [0.25, 0.3) is 0 Å². The van der Waals surface area contributed by atoms with E-state index in [1.807, 2.05) is 59.5 Å². The molecule has 3 rings (SSSR count). The summed E-state index contributed by atoms with van der Waals surface area (Å²) in [5, 5.41) is 13.4. The molecule has 0 aliphatic carbocycles. The Bertz CT molecular complexity index is 764. The van der Waals surface area contributed by atoms with Gasteiger partial charge in [-0.2, -0.15) is 0 Å². The normalized spacial score (nSPS) is 22.7. The first-order chi connectivity index (χ1) is 12.9. The van der Waals surface area contributed by atoms with Crippen molar-refractivity contribution in [3.63, 3.8) is 0 Å². The lowest BCUT2D eigenvalue weighted by Crippen LogP contribution is -2.50. The summed E-state index contributed by atoms with van der Waals surface area (Å²) >= 11 is 3.46. The maximum absolute atomic E-state index is 13.2. The van der Waals surface area contributed by atoms with E-state index in [9.17, 15) is 9.90 Å². The largest absolute Gasteiger partial charge is 0.393 e. The molecule has 0 radical (unpaired) electrons. The first kappa shape index (κ1) is 19.9. The van der Waals surface area contributed by atoms with Crippen LogP contribution in [0.5, 0.6) is 0 Å². The van der Waals surface area contributed by atoms with E-state index in [1.165, 1.54) is 0 Å². The second-order valence-corrected chi connectivity index (χ2v) is 8.37. The van der Waals surface area contributed by atoms with Crippen molar-refractivity contribution < 1.29 is 9.90 Å². The summed E-state index contributed by atoms with van der Waals surface area (Å²) in [6, 6.07) is 18.0. The monoisotopic (exact) mass is 430 g/mol. The molecule has 1 aliphatic rings. The van der Waals surface area contributed by atoms with Gasteiger partial charge in [0.2, 0.25) is 0 Å². The van der Waals surface area contributed by atoms with Gasteiger partial charge in [-0.05, 0) is 49.9 Å². The van der Waals surface area contributed by atoms with Gasteiger partial charge < -0.3 is 15.3 Å². The molecule has 2 aromatic carbocycles. The van der Waals surface area contributed by atoms with Crippen molar-refractivity contribution >= 4 is 22.0 Å². The maximum Gasteiger partial charge on any atom is 0.318 e. The highest BCUT2D eigenvalue weighted by atomic mass is 79.9. The van der Waals surface area contributed by atoms with Gasteiger partial charge in [0.1, 0.15) is 0 Å². The quantitative estimate of drug-likeness (QED) is 0.702. The summed E-state index contributed by atoms with van der Waals surface area (Å²) in [6.45, 7) is 4.54. The third kappa shape index (κ3) is 4.53. The fourth-order valence-electron chi connectivity index (χ4n) is 4.03. The van der Waals surface area contributed by atoms with Crippen LogP contribution >= 0.6 is 15.9 Å². The molecule has 2 amide bonds. The number of halogens is 1. The molecule has 1 aliphatic heterocycles. The molecule has 1 fully saturated rings. The number of carbonyl (C=O) groups is 1. The summed E-state index contributed by atoms with van der Waals surface area (Å²) in [4.78, 5) is 15.1. The lowest BCUT2D eigenvalue weighted by Gasteiger charge is -2.36. The Morgan fingerprint density at radius 3 is 2.44 bits per heavy atom. The highest BCUT2D eigenvalue weighted by molar-refractivity contribution is 9.10. The van der Waals surface area contributed by atoms with E-state index in [0.29, 0.717) is 13.0 Å². The van der Waals surface area contributed by atoms with Crippen LogP contribution in [-0.2, 0) is 5.54 Å². The van der Waals surface area contributed by atoms with Gasteiger partial charge in [0.05, 0.1) is 17.7 Å². The number of hydrogen-bond donors (Lipinski definition) is 2. The minimum Gasteiger partial charge on any atom is -0.393 e. The number of amides is 2. The number of aliphatic hydroxyl groups excluding tert-OH is 1. The number of benzene rings is 2. The van der Waals surface area contributed by atoms with Crippen LogP contribution in [0.2, 0.25) is 0 Å². The molecule has 2 aromatic rings. The van der Waals surface area contributed by atoms with Gasteiger partial charge in [-0.1, -0.05) is 58.4 Å². The fraction of sp³-hybridized carbons (Fsp3) is 0.409. The summed E-state index contributed by atoms with van der Waals surface area (Å²) in [7, 11) is 0. The van der Waals surface area contributed by atoms with Crippen molar-refractivity contribution in [3.05, 3.63) is 70.2 Å². The second kappa shape index (κ2) is 8.44. The topological polar surface area (TPSA) is 52.6 Å². The van der Waals surface area contributed by atoms with Crippen LogP contribution in [0.1, 0.15) is 50.3 Å². The molecule has 0 bridgehead atoms. The molecular weight excluding hydrogens is 404 g/mol. The second-order valence-electron chi connectivity index (χ2n) is 7.46. The molecule has 144 valence electrons. The van der Waals surface area contributed by atoms with Gasteiger partial charge in [0.25, 0.3) is 0 Å². The zero-order chi connectivity index (χ0) is 19.4. The van der Waals surface area contributed by atoms with E-state index in [4.69, 9.17) is 0 Å². The van der Waals surface area contributed by atoms with E-state index in [0.717, 1.165) is 28.4 Å². The first-order valence-corrected chi connectivity index (χ1v) is 10.3. The lowest BCUT2D eigenvalue weighted by atomic mass is 9.81. The number of nitrogens with one attached hydrogen (secondary N) is 1. The van der Waals surface area contributed by atoms with Gasteiger partial charge in [-0.15, -0.1) is 0 Å². The van der Waals surface area contributed by atoms with Crippen molar-refractivity contribution in [1.29, 1.82) is 0 Å². The average Bonchev–Trinajstić information content (AvgIpc) is 2.81. The molecule has 27 heavy (non-hydrogen) atoms. The van der Waals surface area contributed by atoms with Crippen molar-refractivity contribution in [2.24, 2.45) is 0 Å². The molecule has 1 unspecified atom stereocenters. The Morgan fingerprint density at radius 1 is 1.15 bits per heavy atom. The standard InChI is InChI=1S/C22H27BrN2O2/c1-16(26)15-22(19-7-4-3-5-8-19)13-6-14-25(21(27)24-22)17(2)18-9-11-20(23)12-10-18/h3-5,7-12,16-17,26H,6,13-15H2,1-2H3,(H,24,27)/t16?,17-,22-/m0/s1. The molecule has 3 atom stereocenters. The zero-order valence-electron chi connectivity index (χ0n) is 15.9. The Hall–Kier alpha value is -1.85. The van der Waals surface area contributed by atoms with Crippen molar-refractivity contribution in [1.82, 2.24) is 10.2 Å². The Balaban J connectivity index is 1.88. The fourth-order valence-corrected chi connectivity index (χ4v) is 4.30. The molecule has 5 heteroatoms. The predicted molar refractivity (Wildman–Crippen MR) is 111 cm³/mol. The van der Waals surface area contributed by atoms with Crippen molar-refractivity contribution in [3.8, 4) is 0 Å². The predicted octanol–water partition coefficient (Wildman–Crippen LogP) is 4.98. The van der Waals surface area contributed by atoms with Crippen LogP contribution in [0.15, 0.2) is 59.1 Å². The summed E-state index contributed by atoms with van der Waals surface area (Å²) < 4.78 is 1.03. The SMILES string of the molecule is CC(O)C[C@]1(c2ccccc2)CCCN([C@@H](C)c2ccc(Br)cc2)C(=O)N1. The van der Waals surface area contributed by atoms with Crippen LogP contribution < -0.4 is 5.32 Å². The van der Waals surface area contributed by atoms with Gasteiger partial charge in [0, 0.05) is 17.4 Å². The van der Waals surface area contributed by atoms with Crippen LogP contribution in [0.3, 0.4) is 0 Å². The molecule has 1 heterocycles. The van der Waals surface area contributed by atoms with Gasteiger partial charge >= 0.3 is 6.03 Å². The number of aliphatic hydroxyl groups is 1. The smallest absolute Gasteiger partial charge is 0.318 e.